The third-order valence-electron chi connectivity index (χ3n) is 2.08. The van der Waals surface area contributed by atoms with E-state index in [0.717, 1.165) is 11.2 Å². The fourth-order valence-electron chi connectivity index (χ4n) is 1.41. The van der Waals surface area contributed by atoms with E-state index >= 15 is 0 Å². The maximum Gasteiger partial charge on any atom is 0.358 e. The van der Waals surface area contributed by atoms with Crippen molar-refractivity contribution in [1.29, 1.82) is 0 Å². The van der Waals surface area contributed by atoms with Crippen molar-refractivity contribution in [3.63, 3.8) is 0 Å². The predicted molar refractivity (Wildman–Crippen MR) is 66.2 cm³/mol. The van der Waals surface area contributed by atoms with Crippen LogP contribution in [0.2, 0.25) is 0 Å². The van der Waals surface area contributed by atoms with Gasteiger partial charge < -0.3 is 9.14 Å². The lowest BCUT2D eigenvalue weighted by atomic mass is 10.3. The number of esters is 1. The molecule has 0 aromatic carbocycles. The van der Waals surface area contributed by atoms with Gasteiger partial charge in [0.1, 0.15) is 5.65 Å². The first kappa shape index (κ1) is 12.7. The summed E-state index contributed by atoms with van der Waals surface area (Å²) in [6, 6.07) is 3.83. The fourth-order valence-corrected chi connectivity index (χ4v) is 1.41. The van der Waals surface area contributed by atoms with E-state index in [0.29, 0.717) is 12.3 Å². The molecular weight excluding hydrogens is 272 g/mol. The Morgan fingerprint density at radius 1 is 1.44 bits per heavy atom. The van der Waals surface area contributed by atoms with Gasteiger partial charge in [-0.2, -0.15) is 0 Å². The minimum absolute atomic E-state index is 0. The quantitative estimate of drug-likeness (QED) is 0.796. The number of halogens is 1. The van der Waals surface area contributed by atoms with E-state index in [2.05, 4.69) is 4.98 Å². The highest BCUT2D eigenvalue weighted by molar-refractivity contribution is 8.93. The topological polar surface area (TPSA) is 43.6 Å². The Bertz CT molecular complexity index is 508. The number of carbonyl (C=O) groups excluding carboxylic acids is 1. The van der Waals surface area contributed by atoms with Crippen molar-refractivity contribution in [3.05, 3.63) is 35.8 Å². The largest absolute Gasteiger partial charge is 0.461 e. The molecule has 0 radical (unpaired) electrons. The zero-order valence-electron chi connectivity index (χ0n) is 9.14. The summed E-state index contributed by atoms with van der Waals surface area (Å²) in [6.45, 7) is 4.13. The Morgan fingerprint density at radius 2 is 2.19 bits per heavy atom. The molecule has 0 atom stereocenters. The van der Waals surface area contributed by atoms with Crippen molar-refractivity contribution in [2.24, 2.45) is 0 Å². The molecule has 0 aliphatic heterocycles. The van der Waals surface area contributed by atoms with E-state index in [1.54, 1.807) is 13.1 Å². The number of imidazole rings is 1. The zero-order valence-corrected chi connectivity index (χ0v) is 10.8. The van der Waals surface area contributed by atoms with E-state index in [9.17, 15) is 4.79 Å². The van der Waals surface area contributed by atoms with Crippen molar-refractivity contribution in [3.8, 4) is 0 Å². The van der Waals surface area contributed by atoms with Crippen LogP contribution in [0.5, 0.6) is 0 Å². The Kier molecular flexibility index (Phi) is 4.06. The smallest absolute Gasteiger partial charge is 0.358 e. The molecule has 0 bridgehead atoms. The summed E-state index contributed by atoms with van der Waals surface area (Å²) in [5.74, 6) is -0.376. The van der Waals surface area contributed by atoms with Gasteiger partial charge >= 0.3 is 5.97 Å². The second-order valence-electron chi connectivity index (χ2n) is 3.32. The summed E-state index contributed by atoms with van der Waals surface area (Å²) in [5, 5.41) is 0. The lowest BCUT2D eigenvalue weighted by Gasteiger charge is -1.95. The van der Waals surface area contributed by atoms with E-state index in [4.69, 9.17) is 4.74 Å². The number of rotatable bonds is 2. The molecule has 2 rings (SSSR count). The van der Waals surface area contributed by atoms with Gasteiger partial charge in [0.25, 0.3) is 0 Å². The van der Waals surface area contributed by atoms with Crippen LogP contribution in [-0.4, -0.2) is 22.0 Å². The van der Waals surface area contributed by atoms with Crippen molar-refractivity contribution in [2.75, 3.05) is 6.61 Å². The number of pyridine rings is 1. The number of carbonyl (C=O) groups is 1. The first-order valence-corrected chi connectivity index (χ1v) is 4.83. The van der Waals surface area contributed by atoms with Crippen LogP contribution < -0.4 is 0 Å². The molecule has 0 saturated heterocycles. The zero-order chi connectivity index (χ0) is 10.8. The molecule has 2 aromatic rings. The van der Waals surface area contributed by atoms with Gasteiger partial charge in [0.2, 0.25) is 0 Å². The molecule has 0 aliphatic rings. The van der Waals surface area contributed by atoms with Gasteiger partial charge in [0.15, 0.2) is 5.69 Å². The molecule has 0 unspecified atom stereocenters. The highest BCUT2D eigenvalue weighted by atomic mass is 79.9. The number of hydrogen-bond donors (Lipinski definition) is 0. The summed E-state index contributed by atoms with van der Waals surface area (Å²) in [5.41, 5.74) is 2.22. The van der Waals surface area contributed by atoms with Crippen molar-refractivity contribution >= 4 is 28.6 Å². The molecule has 0 amide bonds. The standard InChI is InChI=1S/C11H12N2O2.BrH/c1-3-15-11(14)9-7-13-6-8(2)4-5-10(13)12-9;/h4-7H,3H2,1-2H3;1H. The Hall–Kier alpha value is -1.36. The minimum atomic E-state index is -0.376. The maximum atomic E-state index is 11.4. The van der Waals surface area contributed by atoms with Crippen LogP contribution in [0.4, 0.5) is 0 Å². The first-order chi connectivity index (χ1) is 7.20. The number of hydrogen-bond acceptors (Lipinski definition) is 3. The predicted octanol–water partition coefficient (Wildman–Crippen LogP) is 2.40. The molecule has 2 aromatic heterocycles. The summed E-state index contributed by atoms with van der Waals surface area (Å²) in [7, 11) is 0. The lowest BCUT2D eigenvalue weighted by molar-refractivity contribution is 0.0520. The molecule has 0 fully saturated rings. The third kappa shape index (κ3) is 2.41. The Morgan fingerprint density at radius 3 is 2.88 bits per heavy atom. The second-order valence-corrected chi connectivity index (χ2v) is 3.32. The number of aryl methyl sites for hydroxylation is 1. The fraction of sp³-hybridized carbons (Fsp3) is 0.273. The van der Waals surface area contributed by atoms with E-state index in [-0.39, 0.29) is 23.0 Å². The second kappa shape index (κ2) is 5.12. The molecule has 16 heavy (non-hydrogen) atoms. The molecule has 0 aliphatic carbocycles. The lowest BCUT2D eigenvalue weighted by Crippen LogP contribution is -2.04. The normalized spacial score (nSPS) is 9.88. The molecule has 4 nitrogen and oxygen atoms in total. The van der Waals surface area contributed by atoms with Gasteiger partial charge in [-0.25, -0.2) is 9.78 Å². The van der Waals surface area contributed by atoms with Gasteiger partial charge in [-0.15, -0.1) is 17.0 Å². The Labute approximate surface area is 104 Å². The maximum absolute atomic E-state index is 11.4. The molecule has 0 spiro atoms. The number of nitrogens with zero attached hydrogens (tertiary/aromatic N) is 2. The SMILES string of the molecule is Br.CCOC(=O)c1cn2cc(C)ccc2n1. The van der Waals surface area contributed by atoms with Crippen LogP contribution in [0.3, 0.4) is 0 Å². The van der Waals surface area contributed by atoms with Crippen LogP contribution in [0.15, 0.2) is 24.5 Å². The summed E-state index contributed by atoms with van der Waals surface area (Å²) in [4.78, 5) is 15.6. The summed E-state index contributed by atoms with van der Waals surface area (Å²) in [6.07, 6.45) is 3.60. The number of fused-ring (bicyclic) bond motifs is 1. The Balaban J connectivity index is 0.00000128. The van der Waals surface area contributed by atoms with Crippen LogP contribution in [0.1, 0.15) is 23.0 Å². The average molecular weight is 285 g/mol. The van der Waals surface area contributed by atoms with Crippen molar-refractivity contribution in [2.45, 2.75) is 13.8 Å². The van der Waals surface area contributed by atoms with Gasteiger partial charge in [-0.3, -0.25) is 0 Å². The summed E-state index contributed by atoms with van der Waals surface area (Å²) < 4.78 is 6.69. The molecule has 0 saturated carbocycles. The van der Waals surface area contributed by atoms with Crippen molar-refractivity contribution < 1.29 is 9.53 Å². The monoisotopic (exact) mass is 284 g/mol. The third-order valence-corrected chi connectivity index (χ3v) is 2.08. The van der Waals surface area contributed by atoms with Crippen LogP contribution in [0, 0.1) is 6.92 Å². The van der Waals surface area contributed by atoms with E-state index in [1.807, 2.05) is 29.7 Å². The minimum Gasteiger partial charge on any atom is -0.461 e. The van der Waals surface area contributed by atoms with Crippen LogP contribution in [0.25, 0.3) is 5.65 Å². The molecule has 86 valence electrons. The number of ether oxygens (including phenoxy) is 1. The molecule has 2 heterocycles. The van der Waals surface area contributed by atoms with Crippen molar-refractivity contribution in [1.82, 2.24) is 9.38 Å². The van der Waals surface area contributed by atoms with Crippen LogP contribution in [-0.2, 0) is 4.74 Å². The first-order valence-electron chi connectivity index (χ1n) is 4.83. The van der Waals surface area contributed by atoms with Gasteiger partial charge in [0.05, 0.1) is 6.61 Å². The molecular formula is C11H13BrN2O2. The van der Waals surface area contributed by atoms with E-state index in [1.165, 1.54) is 0 Å². The van der Waals surface area contributed by atoms with Gasteiger partial charge in [-0.1, -0.05) is 6.07 Å². The van der Waals surface area contributed by atoms with Gasteiger partial charge in [-0.05, 0) is 25.5 Å². The van der Waals surface area contributed by atoms with Gasteiger partial charge in [0, 0.05) is 12.4 Å². The van der Waals surface area contributed by atoms with E-state index < -0.39 is 0 Å². The average Bonchev–Trinajstić information content (AvgIpc) is 2.60. The molecule has 0 N–H and O–H groups in total. The summed E-state index contributed by atoms with van der Waals surface area (Å²) >= 11 is 0. The van der Waals surface area contributed by atoms with Crippen LogP contribution >= 0.6 is 17.0 Å². The highest BCUT2D eigenvalue weighted by Gasteiger charge is 2.10. The number of aromatic nitrogens is 2. The highest BCUT2D eigenvalue weighted by Crippen LogP contribution is 2.08. The molecule has 5 heteroatoms.